The van der Waals surface area contributed by atoms with Gasteiger partial charge in [0, 0.05) is 4.90 Å². The number of rotatable bonds is 5. The fourth-order valence-corrected chi connectivity index (χ4v) is 4.37. The van der Waals surface area contributed by atoms with Gasteiger partial charge in [0.1, 0.15) is 5.75 Å². The number of carbonyl (C=O) groups excluding carboxylic acids is 2. The Kier molecular flexibility index (Phi) is 5.43. The summed E-state index contributed by atoms with van der Waals surface area (Å²) in [7, 11) is 1.51. The molecule has 4 rings (SSSR count). The van der Waals surface area contributed by atoms with Crippen molar-refractivity contribution >= 4 is 46.4 Å². The number of imide groups is 1. The van der Waals surface area contributed by atoms with E-state index in [1.165, 1.54) is 23.8 Å². The Morgan fingerprint density at radius 1 is 0.862 bits per heavy atom. The monoisotopic (exact) mass is 421 g/mol. The molecule has 0 fully saturated rings. The average Bonchev–Trinajstić information content (AvgIpc) is 2.99. The minimum Gasteiger partial charge on any atom is -0.495 e. The van der Waals surface area contributed by atoms with Crippen LogP contribution in [0.1, 0.15) is 5.56 Å². The second-order valence-electron chi connectivity index (χ2n) is 6.25. The summed E-state index contributed by atoms with van der Waals surface area (Å²) in [6.45, 7) is 0. The van der Waals surface area contributed by atoms with E-state index in [0.717, 1.165) is 4.90 Å². The summed E-state index contributed by atoms with van der Waals surface area (Å²) in [5.41, 5.74) is 1.49. The molecule has 0 atom stereocenters. The fourth-order valence-electron chi connectivity index (χ4n) is 3.10. The summed E-state index contributed by atoms with van der Waals surface area (Å²) in [4.78, 5) is 29.1. The quantitative estimate of drug-likeness (QED) is 0.515. The highest BCUT2D eigenvalue weighted by Gasteiger charge is 2.40. The number of methoxy groups -OCH3 is 1. The molecular weight excluding hydrogens is 406 g/mol. The molecule has 0 N–H and O–H groups in total. The lowest BCUT2D eigenvalue weighted by Crippen LogP contribution is -2.31. The highest BCUT2D eigenvalue weighted by molar-refractivity contribution is 8.04. The van der Waals surface area contributed by atoms with Crippen LogP contribution in [0, 0.1) is 0 Å². The number of ether oxygens (including phenoxy) is 1. The normalized spacial score (nSPS) is 13.9. The van der Waals surface area contributed by atoms with Crippen LogP contribution in [-0.4, -0.2) is 18.9 Å². The van der Waals surface area contributed by atoms with Crippen LogP contribution >= 0.6 is 23.4 Å². The summed E-state index contributed by atoms with van der Waals surface area (Å²) >= 11 is 7.52. The first-order chi connectivity index (χ1) is 14.1. The first kappa shape index (κ1) is 19.3. The van der Waals surface area contributed by atoms with Crippen LogP contribution in [0.4, 0.5) is 5.69 Å². The molecule has 0 saturated heterocycles. The number of hydrogen-bond acceptors (Lipinski definition) is 4. The van der Waals surface area contributed by atoms with Crippen molar-refractivity contribution in [2.24, 2.45) is 0 Å². The van der Waals surface area contributed by atoms with Gasteiger partial charge in [-0.25, -0.2) is 4.90 Å². The SMILES string of the molecule is COc1ccc(N2C(=O)C(Sc3ccccc3)=C(c3ccccc3)C2=O)cc1Cl. The van der Waals surface area contributed by atoms with Crippen molar-refractivity contribution in [3.05, 3.63) is 94.4 Å². The lowest BCUT2D eigenvalue weighted by molar-refractivity contribution is -0.119. The Hall–Kier alpha value is -3.02. The van der Waals surface area contributed by atoms with Gasteiger partial charge in [-0.3, -0.25) is 9.59 Å². The molecule has 1 heterocycles. The minimum atomic E-state index is -0.374. The van der Waals surface area contributed by atoms with Gasteiger partial charge in [-0.15, -0.1) is 0 Å². The van der Waals surface area contributed by atoms with Crippen molar-refractivity contribution in [2.75, 3.05) is 12.0 Å². The van der Waals surface area contributed by atoms with Crippen LogP contribution in [-0.2, 0) is 9.59 Å². The van der Waals surface area contributed by atoms with Gasteiger partial charge < -0.3 is 4.74 Å². The molecule has 3 aromatic carbocycles. The average molecular weight is 422 g/mol. The molecule has 6 heteroatoms. The van der Waals surface area contributed by atoms with E-state index < -0.39 is 0 Å². The zero-order valence-electron chi connectivity index (χ0n) is 15.5. The highest BCUT2D eigenvalue weighted by atomic mass is 35.5. The summed E-state index contributed by atoms with van der Waals surface area (Å²) in [6, 6.07) is 23.6. The molecule has 0 aromatic heterocycles. The summed E-state index contributed by atoms with van der Waals surface area (Å²) in [5.74, 6) is -0.269. The van der Waals surface area contributed by atoms with Crippen LogP contribution in [0.3, 0.4) is 0 Å². The molecule has 29 heavy (non-hydrogen) atoms. The van der Waals surface area contributed by atoms with Gasteiger partial charge in [-0.2, -0.15) is 0 Å². The topological polar surface area (TPSA) is 46.6 Å². The number of hydrogen-bond donors (Lipinski definition) is 0. The molecule has 0 bridgehead atoms. The molecule has 0 radical (unpaired) electrons. The number of anilines is 1. The number of benzene rings is 3. The number of nitrogens with zero attached hydrogens (tertiary/aromatic N) is 1. The van der Waals surface area contributed by atoms with Crippen molar-refractivity contribution in [3.63, 3.8) is 0 Å². The van der Waals surface area contributed by atoms with Gasteiger partial charge in [0.25, 0.3) is 11.8 Å². The second-order valence-corrected chi connectivity index (χ2v) is 7.74. The molecule has 2 amide bonds. The molecule has 0 unspecified atom stereocenters. The van der Waals surface area contributed by atoms with E-state index in [4.69, 9.17) is 16.3 Å². The van der Waals surface area contributed by atoms with E-state index in [9.17, 15) is 9.59 Å². The van der Waals surface area contributed by atoms with Gasteiger partial charge in [0.2, 0.25) is 0 Å². The summed E-state index contributed by atoms with van der Waals surface area (Å²) in [6.07, 6.45) is 0. The number of thioether (sulfide) groups is 1. The van der Waals surface area contributed by atoms with Crippen LogP contribution < -0.4 is 9.64 Å². The molecule has 0 spiro atoms. The molecule has 144 valence electrons. The zero-order chi connectivity index (χ0) is 20.4. The van der Waals surface area contributed by atoms with Gasteiger partial charge in [0.15, 0.2) is 0 Å². The van der Waals surface area contributed by atoms with E-state index in [2.05, 4.69) is 0 Å². The Morgan fingerprint density at radius 3 is 2.14 bits per heavy atom. The van der Waals surface area contributed by atoms with Crippen molar-refractivity contribution in [2.45, 2.75) is 4.90 Å². The molecule has 1 aliphatic rings. The standard InChI is InChI=1S/C23H16ClNO3S/c1-28-19-13-12-16(14-18(19)24)25-22(26)20(15-8-4-2-5-9-15)21(23(25)27)29-17-10-6-3-7-11-17/h2-14H,1H3. The number of carbonyl (C=O) groups is 2. The van der Waals surface area contributed by atoms with Crippen LogP contribution in [0.5, 0.6) is 5.75 Å². The van der Waals surface area contributed by atoms with Crippen LogP contribution in [0.15, 0.2) is 88.7 Å². The third kappa shape index (κ3) is 3.67. The predicted octanol–water partition coefficient (Wildman–Crippen LogP) is 5.43. The zero-order valence-corrected chi connectivity index (χ0v) is 17.0. The van der Waals surface area contributed by atoms with Crippen LogP contribution in [0.2, 0.25) is 5.02 Å². The smallest absolute Gasteiger partial charge is 0.272 e. The van der Waals surface area contributed by atoms with E-state index in [-0.39, 0.29) is 11.8 Å². The lowest BCUT2D eigenvalue weighted by Gasteiger charge is -2.16. The van der Waals surface area contributed by atoms with Gasteiger partial charge in [-0.1, -0.05) is 71.9 Å². The van der Waals surface area contributed by atoms with Gasteiger partial charge in [-0.05, 0) is 35.9 Å². The van der Waals surface area contributed by atoms with Crippen molar-refractivity contribution in [1.29, 1.82) is 0 Å². The first-order valence-corrected chi connectivity index (χ1v) is 10.0. The third-order valence-electron chi connectivity index (χ3n) is 4.46. The fraction of sp³-hybridized carbons (Fsp3) is 0.0435. The Morgan fingerprint density at radius 2 is 1.52 bits per heavy atom. The molecule has 1 aliphatic heterocycles. The summed E-state index contributed by atoms with van der Waals surface area (Å²) in [5, 5.41) is 0.330. The Balaban J connectivity index is 1.80. The van der Waals surface area contributed by atoms with Gasteiger partial charge in [0.05, 0.1) is 28.3 Å². The maximum absolute atomic E-state index is 13.3. The molecule has 0 aliphatic carbocycles. The van der Waals surface area contributed by atoms with E-state index in [1.54, 1.807) is 18.2 Å². The summed E-state index contributed by atoms with van der Waals surface area (Å²) < 4.78 is 5.17. The second kappa shape index (κ2) is 8.15. The van der Waals surface area contributed by atoms with E-state index >= 15 is 0 Å². The molecule has 4 nitrogen and oxygen atoms in total. The van der Waals surface area contributed by atoms with Gasteiger partial charge >= 0.3 is 0 Å². The van der Waals surface area contributed by atoms with Crippen LogP contribution in [0.25, 0.3) is 5.57 Å². The first-order valence-electron chi connectivity index (χ1n) is 8.85. The maximum atomic E-state index is 13.3. The highest BCUT2D eigenvalue weighted by Crippen LogP contribution is 2.42. The van der Waals surface area contributed by atoms with Crippen molar-refractivity contribution < 1.29 is 14.3 Å². The molecular formula is C23H16ClNO3S. The number of halogens is 1. The lowest BCUT2D eigenvalue weighted by atomic mass is 10.1. The van der Waals surface area contributed by atoms with Crippen molar-refractivity contribution in [1.82, 2.24) is 0 Å². The minimum absolute atomic E-state index is 0.330. The molecule has 0 saturated carbocycles. The largest absolute Gasteiger partial charge is 0.495 e. The van der Waals surface area contributed by atoms with E-state index in [1.807, 2.05) is 60.7 Å². The molecule has 3 aromatic rings. The van der Waals surface area contributed by atoms with Crippen molar-refractivity contribution in [3.8, 4) is 5.75 Å². The Labute approximate surface area is 177 Å². The Bertz CT molecular complexity index is 1110. The number of amides is 2. The van der Waals surface area contributed by atoms with E-state index in [0.29, 0.717) is 32.5 Å². The predicted molar refractivity (Wildman–Crippen MR) is 116 cm³/mol. The third-order valence-corrected chi connectivity index (χ3v) is 5.85. The maximum Gasteiger partial charge on any atom is 0.272 e.